The van der Waals surface area contributed by atoms with Crippen LogP contribution in [0.2, 0.25) is 0 Å². The maximum absolute atomic E-state index is 11.5. The smallest absolute Gasteiger partial charge is 0.387 e. The van der Waals surface area contributed by atoms with Crippen molar-refractivity contribution in [2.75, 3.05) is 0 Å². The fourth-order valence-electron chi connectivity index (χ4n) is 0.389. The fraction of sp³-hybridized carbons (Fsp3) is 0.500. The van der Waals surface area contributed by atoms with Crippen molar-refractivity contribution in [3.05, 3.63) is 36.6 Å². The van der Waals surface area contributed by atoms with Gasteiger partial charge >= 0.3 is 6.61 Å². The van der Waals surface area contributed by atoms with Crippen molar-refractivity contribution in [3.8, 4) is 0 Å². The highest BCUT2D eigenvalue weighted by molar-refractivity contribution is 5.19. The first kappa shape index (κ1) is 19.5. The van der Waals surface area contributed by atoms with Crippen LogP contribution in [0.1, 0.15) is 34.6 Å². The largest absolute Gasteiger partial charge is 0.435 e. The van der Waals surface area contributed by atoms with E-state index in [4.69, 9.17) is 0 Å². The van der Waals surface area contributed by atoms with E-state index in [1.54, 1.807) is 13.0 Å². The van der Waals surface area contributed by atoms with Crippen LogP contribution in [0, 0.1) is 0 Å². The molecule has 0 saturated carbocycles. The van der Waals surface area contributed by atoms with Crippen LogP contribution in [0.4, 0.5) is 8.78 Å². The fourth-order valence-corrected chi connectivity index (χ4v) is 0.389. The Hall–Kier alpha value is -1.12. The van der Waals surface area contributed by atoms with Crippen LogP contribution in [0.15, 0.2) is 36.6 Å². The minimum atomic E-state index is -2.81. The normalized spacial score (nSPS) is 8.53. The SMILES string of the molecule is C=C(C)/C=C\C(=C)OC(F)F.CC.CC. The van der Waals surface area contributed by atoms with Gasteiger partial charge in [-0.05, 0) is 13.0 Å². The Morgan fingerprint density at radius 3 is 1.73 bits per heavy atom. The van der Waals surface area contributed by atoms with E-state index in [0.717, 1.165) is 5.57 Å². The van der Waals surface area contributed by atoms with Gasteiger partial charge in [0.1, 0.15) is 5.76 Å². The number of ether oxygens (including phenoxy) is 1. The second-order valence-corrected chi connectivity index (χ2v) is 2.02. The summed E-state index contributed by atoms with van der Waals surface area (Å²) in [7, 11) is 0. The van der Waals surface area contributed by atoms with Gasteiger partial charge in [0.2, 0.25) is 0 Å². The molecule has 0 aliphatic rings. The molecule has 0 heterocycles. The molecule has 0 rings (SSSR count). The Balaban J connectivity index is -0.000000318. The predicted octanol–water partition coefficient (Wildman–Crippen LogP) is 4.92. The molecule has 0 saturated heterocycles. The van der Waals surface area contributed by atoms with Crippen molar-refractivity contribution < 1.29 is 13.5 Å². The van der Waals surface area contributed by atoms with Gasteiger partial charge in [-0.3, -0.25) is 0 Å². The molecule has 0 aromatic carbocycles. The van der Waals surface area contributed by atoms with Gasteiger partial charge in [-0.2, -0.15) is 8.78 Å². The highest BCUT2D eigenvalue weighted by Gasteiger charge is 2.00. The van der Waals surface area contributed by atoms with Crippen molar-refractivity contribution in [2.45, 2.75) is 41.2 Å². The predicted molar refractivity (Wildman–Crippen MR) is 62.9 cm³/mol. The lowest BCUT2D eigenvalue weighted by molar-refractivity contribution is -0.0915. The number of alkyl halides is 2. The summed E-state index contributed by atoms with van der Waals surface area (Å²) in [6.07, 6.45) is 2.89. The zero-order valence-corrected chi connectivity index (χ0v) is 10.3. The average molecular weight is 220 g/mol. The van der Waals surface area contributed by atoms with Crippen LogP contribution >= 0.6 is 0 Å². The molecule has 0 amide bonds. The third-order valence-corrected chi connectivity index (χ3v) is 0.794. The molecular weight excluding hydrogens is 198 g/mol. The summed E-state index contributed by atoms with van der Waals surface area (Å²) in [5, 5.41) is 0. The van der Waals surface area contributed by atoms with E-state index >= 15 is 0 Å². The Morgan fingerprint density at radius 1 is 1.07 bits per heavy atom. The highest BCUT2D eigenvalue weighted by atomic mass is 19.3. The number of allylic oxidation sites excluding steroid dienone is 3. The van der Waals surface area contributed by atoms with E-state index in [-0.39, 0.29) is 5.76 Å². The summed E-state index contributed by atoms with van der Waals surface area (Å²) < 4.78 is 26.9. The van der Waals surface area contributed by atoms with Gasteiger partial charge in [0.25, 0.3) is 0 Å². The minimum absolute atomic E-state index is 0.0667. The molecule has 0 bridgehead atoms. The van der Waals surface area contributed by atoms with Gasteiger partial charge in [0, 0.05) is 0 Å². The van der Waals surface area contributed by atoms with Crippen LogP contribution in [0.25, 0.3) is 0 Å². The van der Waals surface area contributed by atoms with Crippen LogP contribution in [-0.2, 0) is 4.74 Å². The number of hydrogen-bond donors (Lipinski definition) is 0. The van der Waals surface area contributed by atoms with Crippen LogP contribution in [-0.4, -0.2) is 6.61 Å². The van der Waals surface area contributed by atoms with E-state index in [1.165, 1.54) is 6.08 Å². The molecule has 0 spiro atoms. The van der Waals surface area contributed by atoms with Crippen molar-refractivity contribution in [3.63, 3.8) is 0 Å². The van der Waals surface area contributed by atoms with Crippen LogP contribution < -0.4 is 0 Å². The van der Waals surface area contributed by atoms with Gasteiger partial charge in [0.15, 0.2) is 0 Å². The Kier molecular flexibility index (Phi) is 19.9. The number of halogens is 2. The minimum Gasteiger partial charge on any atom is -0.435 e. The zero-order valence-electron chi connectivity index (χ0n) is 10.3. The molecule has 15 heavy (non-hydrogen) atoms. The molecule has 0 aromatic rings. The molecule has 0 unspecified atom stereocenters. The lowest BCUT2D eigenvalue weighted by atomic mass is 10.3. The quantitative estimate of drug-likeness (QED) is 0.482. The van der Waals surface area contributed by atoms with Crippen molar-refractivity contribution >= 4 is 0 Å². The van der Waals surface area contributed by atoms with E-state index in [2.05, 4.69) is 17.9 Å². The molecule has 0 N–H and O–H groups in total. The standard InChI is InChI=1S/C8H10F2O.2C2H6/c1-6(2)4-5-7(3)11-8(9)10;2*1-2/h4-5,8H,1,3H2,2H3;2*1-2H3/b5-4-;;. The maximum atomic E-state index is 11.5. The Bertz CT molecular complexity index is 184. The molecule has 90 valence electrons. The summed E-state index contributed by atoms with van der Waals surface area (Å²) >= 11 is 0. The van der Waals surface area contributed by atoms with Gasteiger partial charge in [0.05, 0.1) is 0 Å². The van der Waals surface area contributed by atoms with Crippen molar-refractivity contribution in [2.24, 2.45) is 0 Å². The first-order chi connectivity index (χ1) is 7.02. The third kappa shape index (κ3) is 24.6. The second kappa shape index (κ2) is 15.4. The Morgan fingerprint density at radius 2 is 1.47 bits per heavy atom. The zero-order chi connectivity index (χ0) is 12.9. The molecule has 1 nitrogen and oxygen atoms in total. The summed E-state index contributed by atoms with van der Waals surface area (Å²) in [5.74, 6) is -0.0667. The van der Waals surface area contributed by atoms with Gasteiger partial charge in [-0.25, -0.2) is 0 Å². The summed E-state index contributed by atoms with van der Waals surface area (Å²) in [4.78, 5) is 0. The molecule has 0 aliphatic carbocycles. The molecular formula is C12H22F2O. The monoisotopic (exact) mass is 220 g/mol. The van der Waals surface area contributed by atoms with E-state index in [0.29, 0.717) is 0 Å². The lowest BCUT2D eigenvalue weighted by Gasteiger charge is -2.01. The molecule has 0 fully saturated rings. The third-order valence-electron chi connectivity index (χ3n) is 0.794. The van der Waals surface area contributed by atoms with Gasteiger partial charge in [-0.15, -0.1) is 0 Å². The summed E-state index contributed by atoms with van der Waals surface area (Å²) in [5.41, 5.74) is 0.754. The van der Waals surface area contributed by atoms with E-state index < -0.39 is 6.61 Å². The first-order valence-electron chi connectivity index (χ1n) is 4.99. The van der Waals surface area contributed by atoms with Crippen LogP contribution in [0.3, 0.4) is 0 Å². The number of hydrogen-bond acceptors (Lipinski definition) is 1. The average Bonchev–Trinajstić information content (AvgIpc) is 2.20. The first-order valence-corrected chi connectivity index (χ1v) is 4.99. The summed E-state index contributed by atoms with van der Waals surface area (Å²) in [6, 6.07) is 0. The number of rotatable bonds is 4. The van der Waals surface area contributed by atoms with E-state index in [1.807, 2.05) is 27.7 Å². The topological polar surface area (TPSA) is 9.23 Å². The maximum Gasteiger partial charge on any atom is 0.387 e. The van der Waals surface area contributed by atoms with Crippen LogP contribution in [0.5, 0.6) is 0 Å². The Labute approximate surface area is 92.1 Å². The van der Waals surface area contributed by atoms with Gasteiger partial charge in [-0.1, -0.05) is 52.5 Å². The lowest BCUT2D eigenvalue weighted by Crippen LogP contribution is -1.95. The molecule has 3 heteroatoms. The molecule has 0 aromatic heterocycles. The van der Waals surface area contributed by atoms with Gasteiger partial charge < -0.3 is 4.74 Å². The molecule has 0 aliphatic heterocycles. The second-order valence-electron chi connectivity index (χ2n) is 2.02. The molecule has 0 radical (unpaired) electrons. The molecule has 0 atom stereocenters. The van der Waals surface area contributed by atoms with Crippen molar-refractivity contribution in [1.29, 1.82) is 0 Å². The van der Waals surface area contributed by atoms with E-state index in [9.17, 15) is 8.78 Å². The highest BCUT2D eigenvalue weighted by Crippen LogP contribution is 2.05. The van der Waals surface area contributed by atoms with Crippen molar-refractivity contribution in [1.82, 2.24) is 0 Å². The summed E-state index contributed by atoms with van der Waals surface area (Å²) in [6.45, 7) is 13.7.